The second kappa shape index (κ2) is 6.81. The Hall–Kier alpha value is -2.08. The van der Waals surface area contributed by atoms with Crippen LogP contribution in [0.1, 0.15) is 38.2 Å². The highest BCUT2D eigenvalue weighted by molar-refractivity contribution is 6.04. The van der Waals surface area contributed by atoms with Crippen LogP contribution >= 0.6 is 0 Å². The lowest BCUT2D eigenvalue weighted by Gasteiger charge is -2.20. The van der Waals surface area contributed by atoms with Crippen molar-refractivity contribution in [2.75, 3.05) is 19.7 Å². The van der Waals surface area contributed by atoms with E-state index in [2.05, 4.69) is 13.8 Å². The number of benzene rings is 1. The van der Waals surface area contributed by atoms with E-state index in [1.54, 1.807) is 4.90 Å². The Morgan fingerprint density at radius 1 is 1.29 bits per heavy atom. The predicted octanol–water partition coefficient (Wildman–Crippen LogP) is 1.98. The summed E-state index contributed by atoms with van der Waals surface area (Å²) in [5.41, 5.74) is 1.07. The van der Waals surface area contributed by atoms with Crippen LogP contribution < -0.4 is 4.74 Å². The molecular weight excluding hydrogens is 308 g/mol. The number of para-hydroxylation sites is 1. The third kappa shape index (κ3) is 3.11. The van der Waals surface area contributed by atoms with Gasteiger partial charge >= 0.3 is 6.03 Å². The number of aliphatic hydroxyl groups is 1. The molecule has 0 aromatic heterocycles. The van der Waals surface area contributed by atoms with Gasteiger partial charge in [0.15, 0.2) is 0 Å². The molecule has 2 unspecified atom stereocenters. The molecule has 3 rings (SSSR count). The first kappa shape index (κ1) is 16.8. The molecule has 0 spiro atoms. The largest absolute Gasteiger partial charge is 0.491 e. The fourth-order valence-electron chi connectivity index (χ4n) is 3.39. The molecule has 6 heteroatoms. The third-order valence-electron chi connectivity index (χ3n) is 4.65. The lowest BCUT2D eigenvalue weighted by atomic mass is 10.0. The van der Waals surface area contributed by atoms with E-state index < -0.39 is 6.10 Å². The van der Waals surface area contributed by atoms with E-state index in [0.717, 1.165) is 29.1 Å². The van der Waals surface area contributed by atoms with Crippen molar-refractivity contribution in [1.82, 2.24) is 9.80 Å². The Balaban J connectivity index is 1.58. The maximum atomic E-state index is 12.3. The Bertz CT molecular complexity index is 609. The molecule has 6 nitrogen and oxygen atoms in total. The van der Waals surface area contributed by atoms with Crippen LogP contribution in [0.25, 0.3) is 0 Å². The Morgan fingerprint density at radius 3 is 2.75 bits per heavy atom. The van der Waals surface area contributed by atoms with Crippen molar-refractivity contribution in [2.24, 2.45) is 0 Å². The van der Waals surface area contributed by atoms with Crippen molar-refractivity contribution in [3.63, 3.8) is 0 Å². The number of carbonyl (C=O) groups is 2. The monoisotopic (exact) mass is 332 g/mol. The van der Waals surface area contributed by atoms with Crippen LogP contribution in [0.5, 0.6) is 5.75 Å². The van der Waals surface area contributed by atoms with Gasteiger partial charge < -0.3 is 14.7 Å². The number of carbonyl (C=O) groups excluding carboxylic acids is 2. The summed E-state index contributed by atoms with van der Waals surface area (Å²) >= 11 is 0. The Morgan fingerprint density at radius 2 is 2.04 bits per heavy atom. The second-order valence-electron chi connectivity index (χ2n) is 6.74. The maximum Gasteiger partial charge on any atom is 0.327 e. The van der Waals surface area contributed by atoms with Gasteiger partial charge in [0.1, 0.15) is 24.5 Å². The Labute approximate surface area is 142 Å². The van der Waals surface area contributed by atoms with Crippen molar-refractivity contribution in [1.29, 1.82) is 0 Å². The minimum absolute atomic E-state index is 0.0193. The molecule has 2 saturated heterocycles. The zero-order valence-electron chi connectivity index (χ0n) is 14.1. The summed E-state index contributed by atoms with van der Waals surface area (Å²) in [6.45, 7) is 4.81. The van der Waals surface area contributed by atoms with Crippen LogP contribution in [0.2, 0.25) is 0 Å². The molecule has 1 N–H and O–H groups in total. The van der Waals surface area contributed by atoms with E-state index in [1.807, 2.05) is 24.3 Å². The highest BCUT2D eigenvalue weighted by Crippen LogP contribution is 2.28. The van der Waals surface area contributed by atoms with Crippen LogP contribution in [0.15, 0.2) is 24.3 Å². The molecule has 2 fully saturated rings. The summed E-state index contributed by atoms with van der Waals surface area (Å²) in [5.74, 6) is 0.845. The van der Waals surface area contributed by atoms with Gasteiger partial charge in [-0.25, -0.2) is 4.79 Å². The van der Waals surface area contributed by atoms with Crippen molar-refractivity contribution in [3.05, 3.63) is 29.8 Å². The van der Waals surface area contributed by atoms with Gasteiger partial charge in [-0.1, -0.05) is 32.0 Å². The SMILES string of the molecule is CC(C)c1ccccc1OCC(O)CN1C(=O)C2CCCN2C1=O. The number of nitrogens with zero attached hydrogens (tertiary/aromatic N) is 2. The lowest BCUT2D eigenvalue weighted by molar-refractivity contribution is -0.129. The molecule has 24 heavy (non-hydrogen) atoms. The van der Waals surface area contributed by atoms with Crippen LogP contribution in [-0.4, -0.2) is 58.7 Å². The molecule has 2 aliphatic rings. The predicted molar refractivity (Wildman–Crippen MR) is 88.9 cm³/mol. The molecular formula is C18H24N2O4. The number of rotatable bonds is 6. The molecule has 0 radical (unpaired) electrons. The fourth-order valence-corrected chi connectivity index (χ4v) is 3.39. The summed E-state index contributed by atoms with van der Waals surface area (Å²) in [5, 5.41) is 10.2. The van der Waals surface area contributed by atoms with Gasteiger partial charge in [0.25, 0.3) is 5.91 Å². The number of hydrogen-bond acceptors (Lipinski definition) is 4. The molecule has 3 amide bonds. The van der Waals surface area contributed by atoms with Gasteiger partial charge in [0.05, 0.1) is 6.54 Å². The minimum Gasteiger partial charge on any atom is -0.491 e. The highest BCUT2D eigenvalue weighted by atomic mass is 16.5. The van der Waals surface area contributed by atoms with Gasteiger partial charge in [0.2, 0.25) is 0 Å². The number of fused-ring (bicyclic) bond motifs is 1. The van der Waals surface area contributed by atoms with E-state index in [1.165, 1.54) is 0 Å². The fraction of sp³-hybridized carbons (Fsp3) is 0.556. The molecule has 1 aromatic rings. The molecule has 1 aromatic carbocycles. The topological polar surface area (TPSA) is 70.1 Å². The van der Waals surface area contributed by atoms with Gasteiger partial charge in [-0.05, 0) is 30.4 Å². The van der Waals surface area contributed by atoms with Gasteiger partial charge in [0, 0.05) is 6.54 Å². The zero-order chi connectivity index (χ0) is 17.3. The number of hydrogen-bond donors (Lipinski definition) is 1. The molecule has 0 bridgehead atoms. The molecule has 0 saturated carbocycles. The zero-order valence-corrected chi connectivity index (χ0v) is 14.1. The quantitative estimate of drug-likeness (QED) is 0.809. The van der Waals surface area contributed by atoms with Gasteiger partial charge in [-0.3, -0.25) is 9.69 Å². The van der Waals surface area contributed by atoms with Crippen LogP contribution in [-0.2, 0) is 4.79 Å². The van der Waals surface area contributed by atoms with Gasteiger partial charge in [-0.2, -0.15) is 0 Å². The van der Waals surface area contributed by atoms with E-state index >= 15 is 0 Å². The number of urea groups is 1. The number of ether oxygens (including phenoxy) is 1. The maximum absolute atomic E-state index is 12.3. The van der Waals surface area contributed by atoms with E-state index in [9.17, 15) is 14.7 Å². The normalized spacial score (nSPS) is 21.6. The first-order valence-electron chi connectivity index (χ1n) is 8.50. The van der Waals surface area contributed by atoms with Crippen molar-refractivity contribution < 1.29 is 19.4 Å². The number of imide groups is 1. The third-order valence-corrected chi connectivity index (χ3v) is 4.65. The summed E-state index contributed by atoms with van der Waals surface area (Å²) in [4.78, 5) is 27.3. The lowest BCUT2D eigenvalue weighted by Crippen LogP contribution is -2.41. The summed E-state index contributed by atoms with van der Waals surface area (Å²) in [6.07, 6.45) is 0.682. The molecule has 0 aliphatic carbocycles. The smallest absolute Gasteiger partial charge is 0.327 e. The van der Waals surface area contributed by atoms with Crippen LogP contribution in [0.4, 0.5) is 4.79 Å². The van der Waals surface area contributed by atoms with Gasteiger partial charge in [-0.15, -0.1) is 0 Å². The van der Waals surface area contributed by atoms with E-state index in [4.69, 9.17) is 4.74 Å². The molecule has 2 aliphatic heterocycles. The standard InChI is InChI=1S/C18H24N2O4/c1-12(2)14-6-3-4-8-16(14)24-11-13(21)10-20-17(22)15-7-5-9-19(15)18(20)23/h3-4,6,8,12-13,15,21H,5,7,9-11H2,1-2H3. The first-order valence-corrected chi connectivity index (χ1v) is 8.50. The summed E-state index contributed by atoms with van der Waals surface area (Å²) in [7, 11) is 0. The van der Waals surface area contributed by atoms with Crippen LogP contribution in [0, 0.1) is 0 Å². The number of amides is 3. The minimum atomic E-state index is -0.904. The average Bonchev–Trinajstić information content (AvgIpc) is 3.13. The number of β-amino-alcohol motifs (C(OH)–C–C–N with tert-alkyl or cyclic N) is 1. The number of aliphatic hydroxyl groups excluding tert-OH is 1. The van der Waals surface area contributed by atoms with Crippen molar-refractivity contribution in [2.45, 2.75) is 44.8 Å². The molecule has 130 valence electrons. The van der Waals surface area contributed by atoms with Crippen molar-refractivity contribution in [3.8, 4) is 5.75 Å². The van der Waals surface area contributed by atoms with E-state index in [-0.39, 0.29) is 31.1 Å². The first-order chi connectivity index (χ1) is 11.5. The summed E-state index contributed by atoms with van der Waals surface area (Å²) < 4.78 is 5.72. The van der Waals surface area contributed by atoms with E-state index in [0.29, 0.717) is 12.5 Å². The Kier molecular flexibility index (Phi) is 4.76. The molecule has 2 atom stereocenters. The molecule has 2 heterocycles. The van der Waals surface area contributed by atoms with Crippen molar-refractivity contribution >= 4 is 11.9 Å². The second-order valence-corrected chi connectivity index (χ2v) is 6.74. The summed E-state index contributed by atoms with van der Waals surface area (Å²) in [6, 6.07) is 7.08. The average molecular weight is 332 g/mol. The highest BCUT2D eigenvalue weighted by Gasteiger charge is 2.47. The van der Waals surface area contributed by atoms with Crippen LogP contribution in [0.3, 0.4) is 0 Å².